The van der Waals surface area contributed by atoms with Crippen molar-refractivity contribution in [2.45, 2.75) is 12.8 Å². The molecule has 31 heavy (non-hydrogen) atoms. The molecule has 0 amide bonds. The number of ether oxygens (including phenoxy) is 1. The molecular weight excluding hydrogens is 386 g/mol. The monoisotopic (exact) mass is 414 g/mol. The lowest BCUT2D eigenvalue weighted by Gasteiger charge is -2.36. The van der Waals surface area contributed by atoms with Gasteiger partial charge >= 0.3 is 0 Å². The van der Waals surface area contributed by atoms with Gasteiger partial charge in [-0.25, -0.2) is 0 Å². The topological polar surface area (TPSA) is 63.2 Å². The van der Waals surface area contributed by atoms with Gasteiger partial charge in [-0.1, -0.05) is 18.2 Å². The predicted molar refractivity (Wildman–Crippen MR) is 123 cm³/mol. The highest BCUT2D eigenvalue weighted by atomic mass is 16.5. The maximum atomic E-state index is 6.86. The lowest BCUT2D eigenvalue weighted by atomic mass is 9.72. The normalized spacial score (nSPS) is 26.6. The van der Waals surface area contributed by atoms with Gasteiger partial charge in [0.1, 0.15) is 23.4 Å². The van der Waals surface area contributed by atoms with Crippen LogP contribution in [0.4, 0.5) is 0 Å². The van der Waals surface area contributed by atoms with Crippen LogP contribution in [0.1, 0.15) is 18.4 Å². The Morgan fingerprint density at radius 2 is 1.74 bits per heavy atom. The fourth-order valence-corrected chi connectivity index (χ4v) is 4.63. The summed E-state index contributed by atoms with van der Waals surface area (Å²) in [6.07, 6.45) is 7.83. The third kappa shape index (κ3) is 3.74. The van der Waals surface area contributed by atoms with E-state index >= 15 is 0 Å². The number of para-hydroxylation sites is 1. The highest BCUT2D eigenvalue weighted by Crippen LogP contribution is 2.45. The Morgan fingerprint density at radius 3 is 2.45 bits per heavy atom. The van der Waals surface area contributed by atoms with Crippen molar-refractivity contribution in [1.29, 1.82) is 0 Å². The Kier molecular flexibility index (Phi) is 5.06. The lowest BCUT2D eigenvalue weighted by Crippen LogP contribution is -2.53. The molecule has 5 rings (SSSR count). The number of hydrogen-bond donors (Lipinski definition) is 1. The van der Waals surface area contributed by atoms with Crippen molar-refractivity contribution in [3.8, 4) is 11.5 Å². The van der Waals surface area contributed by atoms with Crippen molar-refractivity contribution < 1.29 is 9.33 Å². The number of amidine groups is 1. The molecule has 1 saturated carbocycles. The molecule has 158 valence electrons. The van der Waals surface area contributed by atoms with E-state index < -0.39 is 0 Å². The predicted octanol–water partition coefficient (Wildman–Crippen LogP) is 4.28. The number of allylic oxidation sites excluding steroid dienone is 2. The number of fused-ring (bicyclic) bond motifs is 1. The zero-order chi connectivity index (χ0) is 21.4. The maximum absolute atomic E-state index is 6.86. The number of hydrogen-bond acceptors (Lipinski definition) is 5. The van der Waals surface area contributed by atoms with Crippen LogP contribution in [0, 0.1) is 11.8 Å². The summed E-state index contributed by atoms with van der Waals surface area (Å²) >= 11 is 0. The van der Waals surface area contributed by atoms with E-state index in [9.17, 15) is 0 Å². The molecule has 2 aromatic carbocycles. The summed E-state index contributed by atoms with van der Waals surface area (Å²) in [4.78, 5) is 11.7. The van der Waals surface area contributed by atoms with Crippen LogP contribution < -0.4 is 10.6 Å². The van der Waals surface area contributed by atoms with E-state index in [4.69, 9.17) is 15.6 Å². The molecule has 1 unspecified atom stereocenters. The maximum Gasteiger partial charge on any atom is 0.264 e. The first kappa shape index (κ1) is 19.9. The van der Waals surface area contributed by atoms with E-state index in [1.165, 1.54) is 0 Å². The Bertz CT molecular complexity index is 1080. The molecule has 0 aromatic heterocycles. The van der Waals surface area contributed by atoms with Crippen molar-refractivity contribution >= 4 is 12.1 Å². The van der Waals surface area contributed by atoms with Crippen molar-refractivity contribution in [1.82, 2.24) is 4.90 Å². The van der Waals surface area contributed by atoms with Crippen LogP contribution >= 0.6 is 0 Å². The van der Waals surface area contributed by atoms with Gasteiger partial charge in [0.2, 0.25) is 5.70 Å². The second kappa shape index (κ2) is 7.89. The van der Waals surface area contributed by atoms with Gasteiger partial charge in [0, 0.05) is 12.5 Å². The van der Waals surface area contributed by atoms with Gasteiger partial charge in [0.25, 0.3) is 5.84 Å². The molecular formula is C25H28N5O+. The molecule has 2 aliphatic heterocycles. The Hall–Kier alpha value is -3.06. The van der Waals surface area contributed by atoms with Crippen molar-refractivity contribution in [2.24, 2.45) is 27.7 Å². The van der Waals surface area contributed by atoms with E-state index in [1.54, 1.807) is 6.20 Å². The van der Waals surface area contributed by atoms with E-state index in [-0.39, 0.29) is 4.59 Å². The second-order valence-corrected chi connectivity index (χ2v) is 8.80. The van der Waals surface area contributed by atoms with Gasteiger partial charge in [0.05, 0.1) is 18.0 Å². The minimum absolute atomic E-state index is 0.0760. The number of aliphatic imine (C=N–C) groups is 2. The number of rotatable bonds is 6. The molecule has 1 fully saturated rings. The van der Waals surface area contributed by atoms with Crippen LogP contribution in [0.2, 0.25) is 0 Å². The summed E-state index contributed by atoms with van der Waals surface area (Å²) in [6, 6.07) is 17.8. The van der Waals surface area contributed by atoms with E-state index in [0.717, 1.165) is 59.6 Å². The third-order valence-electron chi connectivity index (χ3n) is 6.16. The first-order chi connectivity index (χ1) is 15.0. The second-order valence-electron chi connectivity index (χ2n) is 8.80. The van der Waals surface area contributed by atoms with Gasteiger partial charge in [-0.05, 0) is 69.3 Å². The van der Waals surface area contributed by atoms with Crippen molar-refractivity contribution in [2.75, 3.05) is 20.6 Å². The van der Waals surface area contributed by atoms with Crippen LogP contribution in [-0.2, 0) is 0 Å². The first-order valence-corrected chi connectivity index (χ1v) is 10.7. The number of nitrogens with zero attached hydrogens (tertiary/aromatic N) is 4. The lowest BCUT2D eigenvalue weighted by molar-refractivity contribution is -0.750. The van der Waals surface area contributed by atoms with Crippen LogP contribution in [0.25, 0.3) is 0 Å². The van der Waals surface area contributed by atoms with Crippen LogP contribution in [0.3, 0.4) is 0 Å². The summed E-state index contributed by atoms with van der Waals surface area (Å²) < 4.78 is 6.01. The summed E-state index contributed by atoms with van der Waals surface area (Å²) in [5, 5.41) is 0. The minimum atomic E-state index is 0.0760. The van der Waals surface area contributed by atoms with Crippen LogP contribution in [-0.4, -0.2) is 42.2 Å². The van der Waals surface area contributed by atoms with Gasteiger partial charge in [-0.15, -0.1) is 4.59 Å². The van der Waals surface area contributed by atoms with Gasteiger partial charge in [-0.2, -0.15) is 10.8 Å². The summed E-state index contributed by atoms with van der Waals surface area (Å²) in [5.74, 6) is 10.4. The molecule has 0 spiro atoms. The number of nitrogens with two attached hydrogens (primary N) is 1. The smallest absolute Gasteiger partial charge is 0.264 e. The van der Waals surface area contributed by atoms with Gasteiger partial charge in [-0.3, -0.25) is 4.99 Å². The fourth-order valence-electron chi connectivity index (χ4n) is 4.63. The molecule has 1 aliphatic carbocycles. The molecule has 2 aromatic rings. The van der Waals surface area contributed by atoms with Gasteiger partial charge in [0.15, 0.2) is 0 Å². The average Bonchev–Trinajstić information content (AvgIpc) is 3.04. The van der Waals surface area contributed by atoms with Crippen molar-refractivity contribution in [3.05, 3.63) is 84.0 Å². The summed E-state index contributed by atoms with van der Waals surface area (Å²) in [5.41, 5.74) is 3.06. The quantitative estimate of drug-likeness (QED) is 0.567. The summed E-state index contributed by atoms with van der Waals surface area (Å²) in [7, 11) is 4.26. The Labute approximate surface area is 183 Å². The zero-order valence-electron chi connectivity index (χ0n) is 18.0. The van der Waals surface area contributed by atoms with E-state index in [0.29, 0.717) is 5.92 Å². The minimum Gasteiger partial charge on any atom is -0.457 e. The Morgan fingerprint density at radius 1 is 1.03 bits per heavy atom. The van der Waals surface area contributed by atoms with E-state index in [1.807, 2.05) is 67.0 Å². The largest absolute Gasteiger partial charge is 0.457 e. The standard InChI is InChI=1S/C25H28N5O/c1-29(2)17-18-14-20(15-18)24-23-16-27-12-13-30(23,26)25(28-24)19-8-10-22(11-9-19)31-21-6-4-3-5-7-21/h3-13,16,18,20H,14-15,17,26H2,1-2H3/q+1. The molecule has 3 aliphatic rings. The molecule has 0 bridgehead atoms. The Balaban J connectivity index is 1.39. The highest BCUT2D eigenvalue weighted by molar-refractivity contribution is 6.00. The van der Waals surface area contributed by atoms with Gasteiger partial charge < -0.3 is 9.64 Å². The van der Waals surface area contributed by atoms with Crippen LogP contribution in [0.5, 0.6) is 11.5 Å². The fraction of sp³-hybridized carbons (Fsp3) is 0.280. The SMILES string of the molecule is CN(C)CC1CC(C2=C3C=NC=C[N+]3(N)C(c3ccc(Oc4ccccc4)cc3)=N2)C1. The molecule has 2 N–H and O–H groups in total. The third-order valence-corrected chi connectivity index (χ3v) is 6.16. The molecule has 6 nitrogen and oxygen atoms in total. The summed E-state index contributed by atoms with van der Waals surface area (Å²) in [6.45, 7) is 1.12. The molecule has 0 saturated heterocycles. The first-order valence-electron chi connectivity index (χ1n) is 10.7. The number of benzene rings is 2. The molecule has 0 radical (unpaired) electrons. The van der Waals surface area contributed by atoms with Crippen LogP contribution in [0.15, 0.2) is 88.4 Å². The molecule has 2 heterocycles. The molecule has 1 atom stereocenters. The number of quaternary nitrogens is 1. The van der Waals surface area contributed by atoms with Crippen molar-refractivity contribution in [3.63, 3.8) is 0 Å². The highest BCUT2D eigenvalue weighted by Gasteiger charge is 2.48. The molecule has 6 heteroatoms. The zero-order valence-corrected chi connectivity index (χ0v) is 18.0. The average molecular weight is 415 g/mol. The van der Waals surface area contributed by atoms with E-state index in [2.05, 4.69) is 24.0 Å².